The van der Waals surface area contributed by atoms with Gasteiger partial charge in [-0.15, -0.1) is 0 Å². The maximum Gasteiger partial charge on any atom is 0.257 e. The van der Waals surface area contributed by atoms with Gasteiger partial charge in [-0.05, 0) is 25.0 Å². The van der Waals surface area contributed by atoms with E-state index in [-0.39, 0.29) is 24.3 Å². The lowest BCUT2D eigenvalue weighted by atomic mass is 10.0. The smallest absolute Gasteiger partial charge is 0.257 e. The van der Waals surface area contributed by atoms with Crippen LogP contribution >= 0.6 is 0 Å². The van der Waals surface area contributed by atoms with E-state index >= 15 is 0 Å². The topological polar surface area (TPSA) is 108 Å². The van der Waals surface area contributed by atoms with Crippen molar-refractivity contribution in [2.24, 2.45) is 5.92 Å². The van der Waals surface area contributed by atoms with Gasteiger partial charge in [-0.2, -0.15) is 0 Å². The van der Waals surface area contributed by atoms with Crippen LogP contribution in [0.5, 0.6) is 0 Å². The number of anilines is 1. The summed E-state index contributed by atoms with van der Waals surface area (Å²) in [7, 11) is 0. The van der Waals surface area contributed by atoms with Crippen molar-refractivity contribution in [2.45, 2.75) is 26.8 Å². The lowest BCUT2D eigenvalue weighted by Crippen LogP contribution is -2.57. The summed E-state index contributed by atoms with van der Waals surface area (Å²) in [4.78, 5) is 41.2. The molecule has 1 saturated heterocycles. The molecule has 178 valence electrons. The van der Waals surface area contributed by atoms with Gasteiger partial charge >= 0.3 is 0 Å². The van der Waals surface area contributed by atoms with E-state index in [0.717, 1.165) is 12.1 Å². The van der Waals surface area contributed by atoms with Gasteiger partial charge in [0.15, 0.2) is 5.82 Å². The van der Waals surface area contributed by atoms with E-state index in [2.05, 4.69) is 15.8 Å². The lowest BCUT2D eigenvalue weighted by Gasteiger charge is -2.37. The summed E-state index contributed by atoms with van der Waals surface area (Å²) in [5.41, 5.74) is -0.714. The molecule has 3 amide bonds. The summed E-state index contributed by atoms with van der Waals surface area (Å²) in [6.45, 7) is 6.95. The largest absolute Gasteiger partial charge is 0.360 e. The summed E-state index contributed by atoms with van der Waals surface area (Å²) >= 11 is 0. The van der Waals surface area contributed by atoms with Gasteiger partial charge in [0.05, 0.1) is 6.54 Å². The molecule has 1 aromatic carbocycles. The van der Waals surface area contributed by atoms with Crippen LogP contribution in [0.25, 0.3) is 0 Å². The number of aromatic nitrogens is 1. The first-order valence-corrected chi connectivity index (χ1v) is 10.6. The average molecular weight is 463 g/mol. The molecule has 0 radical (unpaired) electrons. The van der Waals surface area contributed by atoms with Gasteiger partial charge in [0.25, 0.3) is 5.91 Å². The van der Waals surface area contributed by atoms with Crippen molar-refractivity contribution < 1.29 is 27.7 Å². The number of halogens is 2. The molecule has 0 bridgehead atoms. The van der Waals surface area contributed by atoms with Crippen LogP contribution in [0.2, 0.25) is 0 Å². The zero-order chi connectivity index (χ0) is 24.1. The molecule has 1 aliphatic heterocycles. The Morgan fingerprint density at radius 3 is 2.30 bits per heavy atom. The molecule has 3 rings (SSSR count). The predicted molar refractivity (Wildman–Crippen MR) is 115 cm³/mol. The van der Waals surface area contributed by atoms with Gasteiger partial charge in [0.1, 0.15) is 29.0 Å². The second-order valence-electron chi connectivity index (χ2n) is 8.26. The van der Waals surface area contributed by atoms with Crippen molar-refractivity contribution in [3.8, 4) is 0 Å². The molecule has 0 unspecified atom stereocenters. The average Bonchev–Trinajstić information content (AvgIpc) is 3.16. The molecule has 1 aromatic heterocycles. The summed E-state index contributed by atoms with van der Waals surface area (Å²) in [5.74, 6) is -2.91. The second-order valence-corrected chi connectivity index (χ2v) is 8.26. The molecule has 11 heteroatoms. The summed E-state index contributed by atoms with van der Waals surface area (Å²) in [5, 5.41) is 8.85. The maximum absolute atomic E-state index is 14.0. The standard InChI is InChI=1S/C22H27F2N5O4/c1-13(2)20(26-21(31)19-15(23)5-4-6-16(19)24)22(32)29-9-7-28(8-10-29)12-18(30)25-17-11-14(3)33-27-17/h4-6,11,13,20H,7-10,12H2,1-3H3,(H,26,31)(H,25,27,30)/t20-/m0/s1. The molecule has 1 aliphatic rings. The van der Waals surface area contributed by atoms with Crippen LogP contribution in [0, 0.1) is 24.5 Å². The normalized spacial score (nSPS) is 15.4. The lowest BCUT2D eigenvalue weighted by molar-refractivity contribution is -0.136. The van der Waals surface area contributed by atoms with E-state index in [4.69, 9.17) is 4.52 Å². The molecule has 33 heavy (non-hydrogen) atoms. The molecule has 0 spiro atoms. The Hall–Kier alpha value is -3.34. The number of hydrogen-bond acceptors (Lipinski definition) is 6. The first kappa shape index (κ1) is 24.3. The van der Waals surface area contributed by atoms with Crippen LogP contribution in [-0.4, -0.2) is 71.4 Å². The predicted octanol–water partition coefficient (Wildman–Crippen LogP) is 1.80. The maximum atomic E-state index is 14.0. The minimum absolute atomic E-state index is 0.130. The molecule has 1 fully saturated rings. The fraction of sp³-hybridized carbons (Fsp3) is 0.455. The van der Waals surface area contributed by atoms with Crippen molar-refractivity contribution in [1.29, 1.82) is 0 Å². The molecular formula is C22H27F2N5O4. The fourth-order valence-electron chi connectivity index (χ4n) is 3.58. The number of hydrogen-bond donors (Lipinski definition) is 2. The fourth-order valence-corrected chi connectivity index (χ4v) is 3.58. The van der Waals surface area contributed by atoms with Crippen molar-refractivity contribution in [3.05, 3.63) is 47.2 Å². The number of aryl methyl sites for hydroxylation is 1. The van der Waals surface area contributed by atoms with Gasteiger partial charge in [0, 0.05) is 32.2 Å². The number of nitrogens with zero attached hydrogens (tertiary/aromatic N) is 3. The van der Waals surface area contributed by atoms with Crippen LogP contribution in [-0.2, 0) is 9.59 Å². The van der Waals surface area contributed by atoms with Crippen molar-refractivity contribution in [1.82, 2.24) is 20.3 Å². The molecular weight excluding hydrogens is 436 g/mol. The second kappa shape index (κ2) is 10.5. The number of piperazine rings is 1. The molecule has 2 N–H and O–H groups in total. The number of rotatable bonds is 7. The van der Waals surface area contributed by atoms with E-state index in [0.29, 0.717) is 37.8 Å². The van der Waals surface area contributed by atoms with E-state index in [1.54, 1.807) is 31.7 Å². The Balaban J connectivity index is 1.55. The van der Waals surface area contributed by atoms with Crippen LogP contribution < -0.4 is 10.6 Å². The first-order valence-electron chi connectivity index (χ1n) is 10.6. The van der Waals surface area contributed by atoms with Gasteiger partial charge in [-0.25, -0.2) is 8.78 Å². The number of benzene rings is 1. The zero-order valence-electron chi connectivity index (χ0n) is 18.7. The number of amides is 3. The third kappa shape index (κ3) is 6.13. The molecule has 0 saturated carbocycles. The molecule has 9 nitrogen and oxygen atoms in total. The highest BCUT2D eigenvalue weighted by Crippen LogP contribution is 2.15. The van der Waals surface area contributed by atoms with Crippen molar-refractivity contribution >= 4 is 23.5 Å². The Morgan fingerprint density at radius 2 is 1.76 bits per heavy atom. The van der Waals surface area contributed by atoms with Gasteiger partial charge < -0.3 is 20.1 Å². The number of nitrogens with one attached hydrogen (secondary N) is 2. The third-order valence-corrected chi connectivity index (χ3v) is 5.36. The number of carbonyl (C=O) groups excluding carboxylic acids is 3. The first-order chi connectivity index (χ1) is 15.7. The quantitative estimate of drug-likeness (QED) is 0.649. The van der Waals surface area contributed by atoms with E-state index in [1.807, 2.05) is 4.90 Å². The van der Waals surface area contributed by atoms with Crippen LogP contribution in [0.3, 0.4) is 0 Å². The van der Waals surface area contributed by atoms with E-state index in [9.17, 15) is 23.2 Å². The monoisotopic (exact) mass is 463 g/mol. The molecule has 2 heterocycles. The van der Waals surface area contributed by atoms with Crippen LogP contribution in [0.15, 0.2) is 28.8 Å². The minimum atomic E-state index is -0.991. The van der Waals surface area contributed by atoms with Gasteiger partial charge in [-0.3, -0.25) is 19.3 Å². The van der Waals surface area contributed by atoms with Crippen LogP contribution in [0.4, 0.5) is 14.6 Å². The highest BCUT2D eigenvalue weighted by Gasteiger charge is 2.32. The highest BCUT2D eigenvalue weighted by molar-refractivity contribution is 5.98. The third-order valence-electron chi connectivity index (χ3n) is 5.36. The highest BCUT2D eigenvalue weighted by atomic mass is 19.1. The summed E-state index contributed by atoms with van der Waals surface area (Å²) in [6.07, 6.45) is 0. The minimum Gasteiger partial charge on any atom is -0.360 e. The van der Waals surface area contributed by atoms with E-state index < -0.39 is 29.1 Å². The van der Waals surface area contributed by atoms with Crippen molar-refractivity contribution in [3.63, 3.8) is 0 Å². The number of carbonyl (C=O) groups is 3. The zero-order valence-corrected chi connectivity index (χ0v) is 18.7. The summed E-state index contributed by atoms with van der Waals surface area (Å²) < 4.78 is 32.8. The van der Waals surface area contributed by atoms with E-state index in [1.165, 1.54) is 6.07 Å². The Bertz CT molecular complexity index is 998. The van der Waals surface area contributed by atoms with Gasteiger partial charge in [-0.1, -0.05) is 25.1 Å². The van der Waals surface area contributed by atoms with Crippen LogP contribution in [0.1, 0.15) is 30.0 Å². The Morgan fingerprint density at radius 1 is 1.12 bits per heavy atom. The Kier molecular flexibility index (Phi) is 7.75. The summed E-state index contributed by atoms with van der Waals surface area (Å²) in [6, 6.07) is 3.81. The molecule has 0 aliphatic carbocycles. The SMILES string of the molecule is Cc1cc(NC(=O)CN2CCN(C(=O)[C@@H](NC(=O)c3c(F)cccc3F)C(C)C)CC2)no1. The van der Waals surface area contributed by atoms with Crippen molar-refractivity contribution in [2.75, 3.05) is 38.0 Å². The molecule has 2 aromatic rings. The Labute approximate surface area is 190 Å². The van der Waals surface area contributed by atoms with Gasteiger partial charge in [0.2, 0.25) is 11.8 Å². The molecule has 1 atom stereocenters.